The highest BCUT2D eigenvalue weighted by molar-refractivity contribution is 5.84. The lowest BCUT2D eigenvalue weighted by Crippen LogP contribution is -1.96. The van der Waals surface area contributed by atoms with Gasteiger partial charge in [-0.05, 0) is 71.8 Å². The Labute approximate surface area is 205 Å². The second-order valence-corrected chi connectivity index (χ2v) is 8.61. The number of aryl methyl sites for hydroxylation is 1. The molecule has 0 aliphatic heterocycles. The van der Waals surface area contributed by atoms with Crippen LogP contribution in [-0.4, -0.2) is 0 Å². The Morgan fingerprint density at radius 1 is 0.639 bits per heavy atom. The molecule has 6 heteroatoms. The molecule has 0 saturated heterocycles. The molecule has 0 aliphatic rings. The van der Waals surface area contributed by atoms with Gasteiger partial charge >= 0.3 is 0 Å². The van der Waals surface area contributed by atoms with Crippen molar-refractivity contribution in [3.05, 3.63) is 106 Å². The van der Waals surface area contributed by atoms with E-state index in [1.54, 1.807) is 0 Å². The van der Waals surface area contributed by atoms with E-state index in [-0.39, 0.29) is 27.5 Å². The Morgan fingerprint density at radius 2 is 1.39 bits per heavy atom. The van der Waals surface area contributed by atoms with Crippen molar-refractivity contribution in [1.29, 1.82) is 0 Å². The Morgan fingerprint density at radius 3 is 2.08 bits per heavy atom. The van der Waals surface area contributed by atoms with Crippen LogP contribution in [0.25, 0.3) is 21.9 Å². The van der Waals surface area contributed by atoms with E-state index in [2.05, 4.69) is 18.8 Å². The molecule has 4 aromatic rings. The molecule has 0 aromatic heterocycles. The molecule has 0 heterocycles. The lowest BCUT2D eigenvalue weighted by molar-refractivity contribution is 0.453. The predicted molar refractivity (Wildman–Crippen MR) is 129 cm³/mol. The Balaban J connectivity index is 1.58. The van der Waals surface area contributed by atoms with Gasteiger partial charge in [-0.25, -0.2) is 26.3 Å². The molecular weight excluding hydrogens is 474 g/mol. The summed E-state index contributed by atoms with van der Waals surface area (Å²) >= 11 is 0. The van der Waals surface area contributed by atoms with Crippen molar-refractivity contribution in [2.24, 2.45) is 0 Å². The van der Waals surface area contributed by atoms with Gasteiger partial charge in [-0.1, -0.05) is 50.2 Å². The van der Waals surface area contributed by atoms with E-state index in [0.717, 1.165) is 37.8 Å². The number of hydrogen-bond acceptors (Lipinski definition) is 0. The first-order valence-electron chi connectivity index (χ1n) is 11.7. The Bertz CT molecular complexity index is 1470. The standard InChI is InChI=1S/C30H22F6/c1-2-3-4-5-6-19-14-25(32)28(26(33)15-19)21-11-10-20(24(31)16-21)9-7-18-8-12-23-22(13-18)17-27(34)30(36)29(23)35/h8,10-17H,2-6H2,1H3. The van der Waals surface area contributed by atoms with Gasteiger partial charge in [0, 0.05) is 10.9 Å². The summed E-state index contributed by atoms with van der Waals surface area (Å²) in [5.41, 5.74) is 0.596. The fraction of sp³-hybridized carbons (Fsp3) is 0.200. The lowest BCUT2D eigenvalue weighted by Gasteiger charge is -2.09. The maximum atomic E-state index is 14.7. The van der Waals surface area contributed by atoms with Crippen LogP contribution in [0.2, 0.25) is 0 Å². The minimum atomic E-state index is -1.56. The van der Waals surface area contributed by atoms with Gasteiger partial charge in [-0.3, -0.25) is 0 Å². The summed E-state index contributed by atoms with van der Waals surface area (Å²) in [4.78, 5) is 0. The maximum absolute atomic E-state index is 14.7. The molecule has 0 unspecified atom stereocenters. The summed E-state index contributed by atoms with van der Waals surface area (Å²) < 4.78 is 85.0. The topological polar surface area (TPSA) is 0 Å². The van der Waals surface area contributed by atoms with Crippen LogP contribution in [0.1, 0.15) is 49.3 Å². The van der Waals surface area contributed by atoms with E-state index < -0.39 is 34.9 Å². The number of hydrogen-bond donors (Lipinski definition) is 0. The van der Waals surface area contributed by atoms with Gasteiger partial charge < -0.3 is 0 Å². The van der Waals surface area contributed by atoms with E-state index in [0.29, 0.717) is 17.5 Å². The van der Waals surface area contributed by atoms with Crippen molar-refractivity contribution in [1.82, 2.24) is 0 Å². The van der Waals surface area contributed by atoms with E-state index >= 15 is 0 Å². The van der Waals surface area contributed by atoms with Crippen molar-refractivity contribution in [3.8, 4) is 23.0 Å². The van der Waals surface area contributed by atoms with E-state index in [1.807, 2.05) is 0 Å². The highest BCUT2D eigenvalue weighted by Gasteiger charge is 2.16. The first-order chi connectivity index (χ1) is 17.3. The van der Waals surface area contributed by atoms with Crippen molar-refractivity contribution in [2.45, 2.75) is 39.0 Å². The highest BCUT2D eigenvalue weighted by atomic mass is 19.2. The maximum Gasteiger partial charge on any atom is 0.195 e. The molecule has 0 spiro atoms. The predicted octanol–water partition coefficient (Wildman–Crippen LogP) is 8.86. The fourth-order valence-corrected chi connectivity index (χ4v) is 4.10. The van der Waals surface area contributed by atoms with Gasteiger partial charge in [-0.2, -0.15) is 0 Å². The van der Waals surface area contributed by atoms with Crippen molar-refractivity contribution >= 4 is 10.8 Å². The molecule has 36 heavy (non-hydrogen) atoms. The zero-order chi connectivity index (χ0) is 25.8. The number of fused-ring (bicyclic) bond motifs is 1. The van der Waals surface area contributed by atoms with Gasteiger partial charge in [0.1, 0.15) is 17.5 Å². The molecular formula is C30H22F6. The van der Waals surface area contributed by atoms with Crippen molar-refractivity contribution < 1.29 is 26.3 Å². The molecule has 184 valence electrons. The average Bonchev–Trinajstić information content (AvgIpc) is 2.84. The summed E-state index contributed by atoms with van der Waals surface area (Å²) in [7, 11) is 0. The van der Waals surface area contributed by atoms with E-state index in [4.69, 9.17) is 0 Å². The van der Waals surface area contributed by atoms with E-state index in [9.17, 15) is 26.3 Å². The third kappa shape index (κ3) is 5.41. The molecule has 0 nitrogen and oxygen atoms in total. The van der Waals surface area contributed by atoms with Gasteiger partial charge in [0.2, 0.25) is 0 Å². The van der Waals surface area contributed by atoms with Crippen LogP contribution in [-0.2, 0) is 6.42 Å². The summed E-state index contributed by atoms with van der Waals surface area (Å²) in [5, 5.41) is -0.000189. The van der Waals surface area contributed by atoms with Crippen LogP contribution in [0, 0.1) is 46.7 Å². The van der Waals surface area contributed by atoms with Crippen molar-refractivity contribution in [3.63, 3.8) is 0 Å². The molecule has 0 aliphatic carbocycles. The summed E-state index contributed by atoms with van der Waals surface area (Å²) in [6, 6.07) is 11.1. The summed E-state index contributed by atoms with van der Waals surface area (Å²) in [6.45, 7) is 2.08. The smallest absolute Gasteiger partial charge is 0.195 e. The normalized spacial score (nSPS) is 11.0. The summed E-state index contributed by atoms with van der Waals surface area (Å²) in [6.07, 6.45) is 4.53. The SMILES string of the molecule is CCCCCCc1cc(F)c(-c2ccc(C#Cc3ccc4c(F)c(F)c(F)cc4c3)c(F)c2)c(F)c1. The third-order valence-corrected chi connectivity index (χ3v) is 5.99. The highest BCUT2D eigenvalue weighted by Crippen LogP contribution is 2.29. The molecule has 0 saturated carbocycles. The van der Waals surface area contributed by atoms with Crippen LogP contribution in [0.15, 0.2) is 54.6 Å². The largest absolute Gasteiger partial charge is 0.206 e. The first-order valence-corrected chi connectivity index (χ1v) is 11.7. The second kappa shape index (κ2) is 10.9. The van der Waals surface area contributed by atoms with Gasteiger partial charge in [-0.15, -0.1) is 0 Å². The molecule has 0 N–H and O–H groups in total. The minimum Gasteiger partial charge on any atom is -0.206 e. The number of unbranched alkanes of at least 4 members (excludes halogenated alkanes) is 3. The number of benzene rings is 4. The van der Waals surface area contributed by atoms with E-state index in [1.165, 1.54) is 42.5 Å². The molecule has 0 bridgehead atoms. The van der Waals surface area contributed by atoms with Crippen LogP contribution < -0.4 is 0 Å². The Kier molecular flexibility index (Phi) is 7.69. The van der Waals surface area contributed by atoms with Crippen LogP contribution in [0.3, 0.4) is 0 Å². The Hall–Kier alpha value is -3.72. The van der Waals surface area contributed by atoms with Gasteiger partial charge in [0.05, 0.1) is 11.1 Å². The lowest BCUT2D eigenvalue weighted by atomic mass is 9.98. The summed E-state index contributed by atoms with van der Waals surface area (Å²) in [5.74, 6) is -1.17. The second-order valence-electron chi connectivity index (χ2n) is 8.61. The van der Waals surface area contributed by atoms with Crippen LogP contribution >= 0.6 is 0 Å². The minimum absolute atomic E-state index is 0.0244. The average molecular weight is 496 g/mol. The number of rotatable bonds is 6. The van der Waals surface area contributed by atoms with Gasteiger partial charge in [0.25, 0.3) is 0 Å². The fourth-order valence-electron chi connectivity index (χ4n) is 4.10. The molecule has 0 amide bonds. The van der Waals surface area contributed by atoms with Gasteiger partial charge in [0.15, 0.2) is 17.5 Å². The molecule has 0 fully saturated rings. The molecule has 4 aromatic carbocycles. The third-order valence-electron chi connectivity index (χ3n) is 5.99. The molecule has 4 rings (SSSR count). The van der Waals surface area contributed by atoms with Crippen LogP contribution in [0.5, 0.6) is 0 Å². The zero-order valence-corrected chi connectivity index (χ0v) is 19.5. The number of halogens is 6. The van der Waals surface area contributed by atoms with Crippen LogP contribution in [0.4, 0.5) is 26.3 Å². The molecule has 0 radical (unpaired) electrons. The molecule has 0 atom stereocenters. The quantitative estimate of drug-likeness (QED) is 0.108. The first kappa shape index (κ1) is 25.4. The monoisotopic (exact) mass is 496 g/mol. The zero-order valence-electron chi connectivity index (χ0n) is 19.5. The van der Waals surface area contributed by atoms with Crippen molar-refractivity contribution in [2.75, 3.05) is 0 Å².